The van der Waals surface area contributed by atoms with Gasteiger partial charge in [0.25, 0.3) is 0 Å². The van der Waals surface area contributed by atoms with Crippen LogP contribution < -0.4 is 0 Å². The summed E-state index contributed by atoms with van der Waals surface area (Å²) in [6.45, 7) is 0. The molecule has 92 valence electrons. The van der Waals surface area contributed by atoms with E-state index >= 15 is 0 Å². The van der Waals surface area contributed by atoms with E-state index in [9.17, 15) is 0 Å². The predicted octanol–water partition coefficient (Wildman–Crippen LogP) is 5.19. The van der Waals surface area contributed by atoms with Gasteiger partial charge in [-0.3, -0.25) is 0 Å². The molecule has 0 radical (unpaired) electrons. The van der Waals surface area contributed by atoms with Gasteiger partial charge < -0.3 is 0 Å². The van der Waals surface area contributed by atoms with Gasteiger partial charge in [-0.1, -0.05) is 35.3 Å². The summed E-state index contributed by atoms with van der Waals surface area (Å²) in [6, 6.07) is 5.89. The molecule has 17 heavy (non-hydrogen) atoms. The van der Waals surface area contributed by atoms with E-state index in [1.807, 2.05) is 12.1 Å². The van der Waals surface area contributed by atoms with E-state index in [1.54, 1.807) is 0 Å². The fraction of sp³-hybridized carbons (Fsp3) is 0.571. The van der Waals surface area contributed by atoms with Crippen molar-refractivity contribution in [1.29, 1.82) is 0 Å². The number of hydrogen-bond donors (Lipinski definition) is 0. The van der Waals surface area contributed by atoms with E-state index in [0.717, 1.165) is 29.7 Å². The maximum Gasteiger partial charge on any atom is 0.0624 e. The van der Waals surface area contributed by atoms with Crippen LogP contribution in [0.5, 0.6) is 0 Å². The van der Waals surface area contributed by atoms with Crippen molar-refractivity contribution in [2.75, 3.05) is 5.88 Å². The molecule has 0 aromatic heterocycles. The summed E-state index contributed by atoms with van der Waals surface area (Å²) < 4.78 is 0. The van der Waals surface area contributed by atoms with Gasteiger partial charge in [-0.05, 0) is 54.6 Å². The molecular weight excluding hydrogens is 275 g/mol. The van der Waals surface area contributed by atoms with Crippen molar-refractivity contribution in [1.82, 2.24) is 0 Å². The van der Waals surface area contributed by atoms with Crippen LogP contribution in [-0.4, -0.2) is 5.88 Å². The standard InChI is InChI=1S/C14H15Cl3/c15-8-14(6-10-4-11(10)7-14)5-9-2-1-3-12(16)13(9)17/h1-3,10-11H,4-8H2. The van der Waals surface area contributed by atoms with E-state index in [1.165, 1.54) is 19.3 Å². The Hall–Kier alpha value is 0.0900. The summed E-state index contributed by atoms with van der Waals surface area (Å²) in [5, 5.41) is 1.36. The van der Waals surface area contributed by atoms with Crippen LogP contribution in [0.2, 0.25) is 10.0 Å². The van der Waals surface area contributed by atoms with Gasteiger partial charge in [0, 0.05) is 5.88 Å². The van der Waals surface area contributed by atoms with Gasteiger partial charge in [0.15, 0.2) is 0 Å². The Bertz CT molecular complexity index is 431. The highest BCUT2D eigenvalue weighted by Gasteiger charge is 2.53. The first-order valence-electron chi connectivity index (χ1n) is 6.12. The zero-order valence-electron chi connectivity index (χ0n) is 9.56. The van der Waals surface area contributed by atoms with Gasteiger partial charge in [-0.15, -0.1) is 11.6 Å². The van der Waals surface area contributed by atoms with E-state index in [-0.39, 0.29) is 5.41 Å². The molecule has 2 aliphatic carbocycles. The van der Waals surface area contributed by atoms with Crippen molar-refractivity contribution < 1.29 is 0 Å². The van der Waals surface area contributed by atoms with Crippen LogP contribution >= 0.6 is 34.8 Å². The molecule has 0 nitrogen and oxygen atoms in total. The van der Waals surface area contributed by atoms with Gasteiger partial charge in [-0.2, -0.15) is 0 Å². The Morgan fingerprint density at radius 2 is 1.88 bits per heavy atom. The first-order valence-corrected chi connectivity index (χ1v) is 7.41. The second-order valence-electron chi connectivity index (χ2n) is 5.69. The molecule has 2 fully saturated rings. The molecule has 1 aromatic rings. The third kappa shape index (κ3) is 2.20. The van der Waals surface area contributed by atoms with Gasteiger partial charge in [0.2, 0.25) is 0 Å². The van der Waals surface area contributed by atoms with Crippen LogP contribution in [-0.2, 0) is 6.42 Å². The molecule has 2 atom stereocenters. The van der Waals surface area contributed by atoms with Gasteiger partial charge in [0.05, 0.1) is 10.0 Å². The Labute approximate surface area is 117 Å². The van der Waals surface area contributed by atoms with Crippen molar-refractivity contribution in [2.45, 2.75) is 25.7 Å². The number of alkyl halides is 1. The molecule has 0 aliphatic heterocycles. The fourth-order valence-corrected chi connectivity index (χ4v) is 4.10. The molecule has 0 spiro atoms. The molecule has 0 bridgehead atoms. The lowest BCUT2D eigenvalue weighted by atomic mass is 9.79. The van der Waals surface area contributed by atoms with Crippen LogP contribution in [0, 0.1) is 17.3 Å². The van der Waals surface area contributed by atoms with Crippen molar-refractivity contribution in [3.05, 3.63) is 33.8 Å². The lowest BCUT2D eigenvalue weighted by Crippen LogP contribution is -2.24. The zero-order valence-corrected chi connectivity index (χ0v) is 11.8. The number of benzene rings is 1. The summed E-state index contributed by atoms with van der Waals surface area (Å²) in [7, 11) is 0. The molecular formula is C14H15Cl3. The first-order chi connectivity index (χ1) is 8.13. The topological polar surface area (TPSA) is 0 Å². The van der Waals surface area contributed by atoms with E-state index < -0.39 is 0 Å². The lowest BCUT2D eigenvalue weighted by molar-refractivity contribution is 0.303. The minimum atomic E-state index is 0.267. The number of hydrogen-bond acceptors (Lipinski definition) is 0. The molecule has 3 rings (SSSR count). The van der Waals surface area contributed by atoms with Crippen molar-refractivity contribution in [3.63, 3.8) is 0 Å². The highest BCUT2D eigenvalue weighted by atomic mass is 35.5. The minimum Gasteiger partial charge on any atom is -0.126 e. The Morgan fingerprint density at radius 3 is 2.53 bits per heavy atom. The largest absolute Gasteiger partial charge is 0.126 e. The fourth-order valence-electron chi connectivity index (χ4n) is 3.40. The molecule has 2 saturated carbocycles. The quantitative estimate of drug-likeness (QED) is 0.672. The maximum atomic E-state index is 6.26. The second kappa shape index (κ2) is 4.33. The number of rotatable bonds is 3. The Morgan fingerprint density at radius 1 is 1.18 bits per heavy atom. The highest BCUT2D eigenvalue weighted by molar-refractivity contribution is 6.42. The molecule has 0 N–H and O–H groups in total. The van der Waals surface area contributed by atoms with E-state index in [0.29, 0.717) is 10.0 Å². The van der Waals surface area contributed by atoms with Crippen LogP contribution in [0.25, 0.3) is 0 Å². The van der Waals surface area contributed by atoms with Crippen LogP contribution in [0.15, 0.2) is 18.2 Å². The second-order valence-corrected chi connectivity index (χ2v) is 6.74. The maximum absolute atomic E-state index is 6.26. The predicted molar refractivity (Wildman–Crippen MR) is 74.2 cm³/mol. The summed E-state index contributed by atoms with van der Waals surface area (Å²) in [5.74, 6) is 2.61. The van der Waals surface area contributed by atoms with E-state index in [2.05, 4.69) is 6.07 Å². The summed E-state index contributed by atoms with van der Waals surface area (Å²) in [6.07, 6.45) is 4.93. The Kier molecular flexibility index (Phi) is 3.09. The number of halogens is 3. The van der Waals surface area contributed by atoms with Crippen LogP contribution in [0.4, 0.5) is 0 Å². The zero-order chi connectivity index (χ0) is 12.0. The first kappa shape index (κ1) is 12.1. The molecule has 0 saturated heterocycles. The van der Waals surface area contributed by atoms with E-state index in [4.69, 9.17) is 34.8 Å². The summed E-state index contributed by atoms with van der Waals surface area (Å²) >= 11 is 18.5. The minimum absolute atomic E-state index is 0.267. The highest BCUT2D eigenvalue weighted by Crippen LogP contribution is 2.61. The molecule has 0 amide bonds. The Balaban J connectivity index is 1.83. The molecule has 3 heteroatoms. The average Bonchev–Trinajstić information content (AvgIpc) is 2.94. The molecule has 2 aliphatic rings. The van der Waals surface area contributed by atoms with Crippen LogP contribution in [0.3, 0.4) is 0 Å². The van der Waals surface area contributed by atoms with Crippen molar-refractivity contribution in [3.8, 4) is 0 Å². The summed E-state index contributed by atoms with van der Waals surface area (Å²) in [4.78, 5) is 0. The van der Waals surface area contributed by atoms with Gasteiger partial charge >= 0.3 is 0 Å². The van der Waals surface area contributed by atoms with Crippen LogP contribution in [0.1, 0.15) is 24.8 Å². The SMILES string of the molecule is ClCC1(Cc2cccc(Cl)c2Cl)CC2CC2C1. The normalized spacial score (nSPS) is 34.8. The van der Waals surface area contributed by atoms with Gasteiger partial charge in [-0.25, -0.2) is 0 Å². The average molecular weight is 290 g/mol. The third-order valence-electron chi connectivity index (χ3n) is 4.34. The molecule has 2 unspecified atom stereocenters. The molecule has 1 aromatic carbocycles. The third-order valence-corrected chi connectivity index (χ3v) is 5.76. The van der Waals surface area contributed by atoms with Crippen molar-refractivity contribution in [2.24, 2.45) is 17.3 Å². The molecule has 0 heterocycles. The van der Waals surface area contributed by atoms with Gasteiger partial charge in [0.1, 0.15) is 0 Å². The summed E-state index contributed by atoms with van der Waals surface area (Å²) in [5.41, 5.74) is 1.42. The van der Waals surface area contributed by atoms with Crippen molar-refractivity contribution >= 4 is 34.8 Å². The monoisotopic (exact) mass is 288 g/mol. The lowest BCUT2D eigenvalue weighted by Gasteiger charge is -2.29. The smallest absolute Gasteiger partial charge is 0.0624 e. The number of fused-ring (bicyclic) bond motifs is 1.